The molecule has 0 aliphatic heterocycles. The van der Waals surface area contributed by atoms with Crippen molar-refractivity contribution in [3.05, 3.63) is 115 Å². The van der Waals surface area contributed by atoms with Gasteiger partial charge in [-0.25, -0.2) is 4.98 Å². The molecule has 0 radical (unpaired) electrons. The van der Waals surface area contributed by atoms with E-state index in [4.69, 9.17) is 4.42 Å². The number of aromatic nitrogens is 1. The molecule has 0 aliphatic rings. The second kappa shape index (κ2) is 8.82. The highest BCUT2D eigenvalue weighted by Crippen LogP contribution is 2.36. The summed E-state index contributed by atoms with van der Waals surface area (Å²) in [6.07, 6.45) is 0.667. The van der Waals surface area contributed by atoms with Gasteiger partial charge in [0.1, 0.15) is 5.52 Å². The molecule has 2 nitrogen and oxygen atoms in total. The lowest BCUT2D eigenvalue weighted by molar-refractivity contribution is 0.542. The summed E-state index contributed by atoms with van der Waals surface area (Å²) in [7, 11) is 0. The second-order valence-electron chi connectivity index (χ2n) is 6.85. The Hall–Kier alpha value is -2.95. The molecular weight excluding hydrogens is 406 g/mol. The minimum atomic E-state index is 0.667. The van der Waals surface area contributed by atoms with Gasteiger partial charge in [-0.2, -0.15) is 0 Å². The molecule has 4 aromatic carbocycles. The van der Waals surface area contributed by atoms with E-state index in [-0.39, 0.29) is 0 Å². The molecule has 0 fully saturated rings. The first-order valence-corrected chi connectivity index (χ1v) is 11.4. The summed E-state index contributed by atoms with van der Waals surface area (Å²) in [5.41, 5.74) is 2.95. The van der Waals surface area contributed by atoms with Crippen LogP contribution >= 0.6 is 23.5 Å². The van der Waals surface area contributed by atoms with Crippen LogP contribution in [0.1, 0.15) is 11.5 Å². The Morgan fingerprint density at radius 2 is 1.30 bits per heavy atom. The van der Waals surface area contributed by atoms with Crippen LogP contribution in [0.3, 0.4) is 0 Å². The molecule has 0 bridgehead atoms. The van der Waals surface area contributed by atoms with Crippen LogP contribution in [0.15, 0.2) is 127 Å². The van der Waals surface area contributed by atoms with Crippen LogP contribution in [0.25, 0.3) is 11.1 Å². The first kappa shape index (κ1) is 19.0. The van der Waals surface area contributed by atoms with Crippen LogP contribution in [0.2, 0.25) is 0 Å². The zero-order valence-electron chi connectivity index (χ0n) is 16.2. The zero-order valence-corrected chi connectivity index (χ0v) is 17.8. The molecule has 0 N–H and O–H groups in total. The van der Waals surface area contributed by atoms with Gasteiger partial charge in [0.25, 0.3) is 0 Å². The number of para-hydroxylation sites is 2. The lowest BCUT2D eigenvalue weighted by Crippen LogP contribution is -1.92. The Morgan fingerprint density at radius 1 is 0.633 bits per heavy atom. The first-order valence-electron chi connectivity index (χ1n) is 9.77. The van der Waals surface area contributed by atoms with Crippen LogP contribution < -0.4 is 0 Å². The van der Waals surface area contributed by atoms with Gasteiger partial charge in [-0.05, 0) is 54.1 Å². The van der Waals surface area contributed by atoms with E-state index in [2.05, 4.69) is 71.7 Å². The molecule has 4 heteroatoms. The van der Waals surface area contributed by atoms with Crippen molar-refractivity contribution in [1.29, 1.82) is 0 Å². The van der Waals surface area contributed by atoms with Gasteiger partial charge in [0.05, 0.1) is 6.42 Å². The molecule has 0 atom stereocenters. The molecule has 0 spiro atoms. The molecule has 1 aromatic heterocycles. The van der Waals surface area contributed by atoms with Crippen molar-refractivity contribution in [3.8, 4) is 0 Å². The smallest absolute Gasteiger partial charge is 0.199 e. The number of fused-ring (bicyclic) bond motifs is 1. The predicted molar refractivity (Wildman–Crippen MR) is 124 cm³/mol. The number of nitrogens with zero attached hydrogens (tertiary/aromatic N) is 1. The fourth-order valence-corrected chi connectivity index (χ4v) is 5.20. The maximum atomic E-state index is 5.98. The second-order valence-corrected chi connectivity index (χ2v) is 9.11. The number of rotatable bonds is 6. The third-order valence-corrected chi connectivity index (χ3v) is 6.77. The van der Waals surface area contributed by atoms with Gasteiger partial charge in [-0.1, -0.05) is 78.1 Å². The van der Waals surface area contributed by atoms with Gasteiger partial charge < -0.3 is 4.42 Å². The Labute approximate surface area is 184 Å². The highest BCUT2D eigenvalue weighted by atomic mass is 32.2. The van der Waals surface area contributed by atoms with E-state index < -0.39 is 0 Å². The Bertz CT molecular complexity index is 1230. The normalized spacial score (nSPS) is 11.1. The molecule has 0 aliphatic carbocycles. The van der Waals surface area contributed by atoms with E-state index in [1.807, 2.05) is 36.4 Å². The maximum Gasteiger partial charge on any atom is 0.199 e. The molecule has 30 heavy (non-hydrogen) atoms. The molecule has 1 heterocycles. The van der Waals surface area contributed by atoms with E-state index in [9.17, 15) is 0 Å². The molecule has 5 rings (SSSR count). The highest BCUT2D eigenvalue weighted by Gasteiger charge is 2.12. The number of hydrogen-bond acceptors (Lipinski definition) is 4. The molecular formula is C26H19NOS2. The summed E-state index contributed by atoms with van der Waals surface area (Å²) >= 11 is 3.56. The maximum absolute atomic E-state index is 5.98. The number of benzene rings is 4. The lowest BCUT2D eigenvalue weighted by Gasteiger charge is -2.11. The fraction of sp³-hybridized carbons (Fsp3) is 0.0385. The van der Waals surface area contributed by atoms with Gasteiger partial charge in [-0.15, -0.1) is 0 Å². The zero-order chi connectivity index (χ0) is 20.2. The molecule has 0 saturated heterocycles. The largest absolute Gasteiger partial charge is 0.440 e. The van der Waals surface area contributed by atoms with Crippen molar-refractivity contribution in [2.24, 2.45) is 0 Å². The topological polar surface area (TPSA) is 26.0 Å². The lowest BCUT2D eigenvalue weighted by atomic mass is 10.1. The third-order valence-electron chi connectivity index (χ3n) is 4.67. The van der Waals surface area contributed by atoms with Gasteiger partial charge >= 0.3 is 0 Å². The van der Waals surface area contributed by atoms with E-state index in [0.717, 1.165) is 17.0 Å². The summed E-state index contributed by atoms with van der Waals surface area (Å²) < 4.78 is 5.98. The van der Waals surface area contributed by atoms with E-state index in [1.165, 1.54) is 25.1 Å². The van der Waals surface area contributed by atoms with Crippen LogP contribution in [-0.2, 0) is 6.42 Å². The average Bonchev–Trinajstić information content (AvgIpc) is 3.19. The van der Waals surface area contributed by atoms with Crippen LogP contribution in [-0.4, -0.2) is 4.98 Å². The van der Waals surface area contributed by atoms with Gasteiger partial charge in [0, 0.05) is 19.6 Å². The Balaban J connectivity index is 1.48. The van der Waals surface area contributed by atoms with Crippen LogP contribution in [0.4, 0.5) is 0 Å². The monoisotopic (exact) mass is 425 g/mol. The van der Waals surface area contributed by atoms with Gasteiger partial charge in [-0.3, -0.25) is 0 Å². The average molecular weight is 426 g/mol. The molecule has 146 valence electrons. The van der Waals surface area contributed by atoms with Crippen molar-refractivity contribution in [1.82, 2.24) is 4.98 Å². The number of oxazole rings is 1. The summed E-state index contributed by atoms with van der Waals surface area (Å²) in [4.78, 5) is 9.57. The summed E-state index contributed by atoms with van der Waals surface area (Å²) in [5, 5.41) is 0. The van der Waals surface area contributed by atoms with Gasteiger partial charge in [0.15, 0.2) is 11.5 Å². The van der Waals surface area contributed by atoms with Crippen LogP contribution in [0.5, 0.6) is 0 Å². The van der Waals surface area contributed by atoms with Crippen LogP contribution in [0, 0.1) is 0 Å². The van der Waals surface area contributed by atoms with Crippen molar-refractivity contribution < 1.29 is 4.42 Å². The summed E-state index contributed by atoms with van der Waals surface area (Å²) in [6.45, 7) is 0. The number of hydrogen-bond donors (Lipinski definition) is 0. The summed E-state index contributed by atoms with van der Waals surface area (Å²) in [6, 6.07) is 35.5. The summed E-state index contributed by atoms with van der Waals surface area (Å²) in [5.74, 6) is 0.745. The SMILES string of the molecule is c1ccc(Sc2ccc(Cc3nc4ccccc4o3)c(Sc3ccccc3)c2)cc1. The molecule has 5 aromatic rings. The van der Waals surface area contributed by atoms with E-state index in [1.54, 1.807) is 23.5 Å². The quantitative estimate of drug-likeness (QED) is 0.278. The molecule has 0 saturated carbocycles. The molecule has 0 unspecified atom stereocenters. The third kappa shape index (κ3) is 4.45. The predicted octanol–water partition coefficient (Wildman–Crippen LogP) is 7.72. The van der Waals surface area contributed by atoms with Crippen molar-refractivity contribution in [2.75, 3.05) is 0 Å². The van der Waals surface area contributed by atoms with Gasteiger partial charge in [0.2, 0.25) is 0 Å². The minimum absolute atomic E-state index is 0.667. The Kier molecular flexibility index (Phi) is 5.60. The van der Waals surface area contributed by atoms with E-state index in [0.29, 0.717) is 6.42 Å². The van der Waals surface area contributed by atoms with E-state index >= 15 is 0 Å². The van der Waals surface area contributed by atoms with Crippen molar-refractivity contribution >= 4 is 34.6 Å². The fourth-order valence-electron chi connectivity index (χ4n) is 3.24. The van der Waals surface area contributed by atoms with Crippen molar-refractivity contribution in [2.45, 2.75) is 26.0 Å². The standard InChI is InChI=1S/C26H19NOS2/c1-3-9-20(10-4-1)29-22-16-15-19(25(18-22)30-21-11-5-2-6-12-21)17-26-27-23-13-7-8-14-24(23)28-26/h1-16,18H,17H2. The first-order chi connectivity index (χ1) is 14.8. The minimum Gasteiger partial charge on any atom is -0.440 e. The molecule has 0 amide bonds. The highest BCUT2D eigenvalue weighted by molar-refractivity contribution is 8.00. The van der Waals surface area contributed by atoms with Crippen molar-refractivity contribution in [3.63, 3.8) is 0 Å². The Morgan fingerprint density at radius 3 is 2.03 bits per heavy atom.